The van der Waals surface area contributed by atoms with E-state index in [1.54, 1.807) is 36.5 Å². The molecule has 0 aliphatic heterocycles. The minimum atomic E-state index is -0.935. The van der Waals surface area contributed by atoms with Crippen molar-refractivity contribution in [1.29, 1.82) is 5.26 Å². The number of thioether (sulfide) groups is 1. The second kappa shape index (κ2) is 6.03. The fourth-order valence-electron chi connectivity index (χ4n) is 1.56. The first kappa shape index (κ1) is 13.1. The molecule has 1 N–H and O–H groups in total. The van der Waals surface area contributed by atoms with Gasteiger partial charge in [-0.2, -0.15) is 5.26 Å². The zero-order chi connectivity index (χ0) is 13.7. The topological polar surface area (TPSA) is 74.0 Å². The minimum absolute atomic E-state index is 0.298. The maximum absolute atomic E-state index is 11.1. The van der Waals surface area contributed by atoms with Gasteiger partial charge in [0.1, 0.15) is 0 Å². The molecule has 2 rings (SSSR count). The highest BCUT2D eigenvalue weighted by molar-refractivity contribution is 7.98. The zero-order valence-corrected chi connectivity index (χ0v) is 10.7. The molecule has 1 heterocycles. The number of hydrogen-bond acceptors (Lipinski definition) is 4. The molecular formula is C14H10N2O2S. The molecule has 0 atom stereocenters. The summed E-state index contributed by atoms with van der Waals surface area (Å²) in [6.07, 6.45) is 1.57. The Morgan fingerprint density at radius 1 is 1.37 bits per heavy atom. The van der Waals surface area contributed by atoms with Crippen LogP contribution >= 0.6 is 11.8 Å². The van der Waals surface area contributed by atoms with Crippen molar-refractivity contribution < 1.29 is 9.90 Å². The Morgan fingerprint density at radius 3 is 2.89 bits per heavy atom. The Bertz CT molecular complexity index is 650. The molecule has 0 saturated heterocycles. The van der Waals surface area contributed by atoms with Crippen molar-refractivity contribution in [2.75, 3.05) is 0 Å². The molecule has 2 aromatic rings. The number of carboxylic acids is 1. The van der Waals surface area contributed by atoms with E-state index < -0.39 is 5.97 Å². The second-order valence-corrected chi connectivity index (χ2v) is 4.74. The van der Waals surface area contributed by atoms with Crippen LogP contribution in [0, 0.1) is 11.3 Å². The number of aromatic nitrogens is 1. The van der Waals surface area contributed by atoms with Gasteiger partial charge in [0.05, 0.1) is 22.2 Å². The van der Waals surface area contributed by atoms with Gasteiger partial charge in [-0.25, -0.2) is 9.78 Å². The van der Waals surface area contributed by atoms with Gasteiger partial charge in [-0.05, 0) is 23.8 Å². The molecular weight excluding hydrogens is 260 g/mol. The lowest BCUT2D eigenvalue weighted by Gasteiger charge is -2.05. The van der Waals surface area contributed by atoms with Gasteiger partial charge >= 0.3 is 5.97 Å². The summed E-state index contributed by atoms with van der Waals surface area (Å²) in [5.41, 5.74) is 1.58. The third-order valence-electron chi connectivity index (χ3n) is 2.49. The minimum Gasteiger partial charge on any atom is -0.478 e. The predicted octanol–water partition coefficient (Wildman–Crippen LogP) is 2.94. The van der Waals surface area contributed by atoms with E-state index in [-0.39, 0.29) is 0 Å². The molecule has 0 aliphatic carbocycles. The lowest BCUT2D eigenvalue weighted by Crippen LogP contribution is -2.01. The smallest absolute Gasteiger partial charge is 0.335 e. The lowest BCUT2D eigenvalue weighted by atomic mass is 10.1. The highest BCUT2D eigenvalue weighted by Gasteiger charge is 2.09. The van der Waals surface area contributed by atoms with E-state index in [0.29, 0.717) is 21.9 Å². The van der Waals surface area contributed by atoms with Gasteiger partial charge in [-0.15, -0.1) is 11.8 Å². The molecule has 0 fully saturated rings. The van der Waals surface area contributed by atoms with Gasteiger partial charge in [-0.3, -0.25) is 0 Å². The highest BCUT2D eigenvalue weighted by atomic mass is 32.2. The standard InChI is InChI=1S/C14H10N2O2S/c15-8-10-5-6-16-13(7-10)19-9-11-3-1-2-4-12(11)14(17)18/h1-7H,9H2,(H,17,18). The molecule has 0 aliphatic rings. The molecule has 0 spiro atoms. The van der Waals surface area contributed by atoms with E-state index in [1.165, 1.54) is 11.8 Å². The Labute approximate surface area is 114 Å². The van der Waals surface area contributed by atoms with Crippen molar-refractivity contribution in [3.8, 4) is 6.07 Å². The van der Waals surface area contributed by atoms with Crippen molar-refractivity contribution in [3.05, 3.63) is 59.3 Å². The molecule has 4 nitrogen and oxygen atoms in total. The molecule has 0 bridgehead atoms. The van der Waals surface area contributed by atoms with Crippen LogP contribution < -0.4 is 0 Å². The number of nitriles is 1. The molecule has 0 amide bonds. The number of nitrogens with zero attached hydrogens (tertiary/aromatic N) is 2. The molecule has 1 aromatic heterocycles. The van der Waals surface area contributed by atoms with E-state index in [9.17, 15) is 4.79 Å². The lowest BCUT2D eigenvalue weighted by molar-refractivity contribution is 0.0696. The molecule has 94 valence electrons. The summed E-state index contributed by atoms with van der Waals surface area (Å²) in [4.78, 5) is 15.2. The van der Waals surface area contributed by atoms with Gasteiger partial charge in [0, 0.05) is 11.9 Å². The van der Waals surface area contributed by atoms with Gasteiger partial charge in [0.15, 0.2) is 0 Å². The van der Waals surface area contributed by atoms with Gasteiger partial charge in [0.2, 0.25) is 0 Å². The van der Waals surface area contributed by atoms with Crippen molar-refractivity contribution >= 4 is 17.7 Å². The Balaban J connectivity index is 2.15. The molecule has 0 saturated carbocycles. The van der Waals surface area contributed by atoms with Crippen LogP contribution in [0.3, 0.4) is 0 Å². The van der Waals surface area contributed by atoms with Crippen molar-refractivity contribution in [2.24, 2.45) is 0 Å². The molecule has 0 radical (unpaired) electrons. The molecule has 5 heteroatoms. The maximum atomic E-state index is 11.1. The SMILES string of the molecule is N#Cc1ccnc(SCc2ccccc2C(=O)O)c1. The van der Waals surface area contributed by atoms with Crippen LogP contribution in [0.4, 0.5) is 0 Å². The number of pyridine rings is 1. The normalized spacial score (nSPS) is 9.84. The van der Waals surface area contributed by atoms with Gasteiger partial charge < -0.3 is 5.11 Å². The average Bonchev–Trinajstić information content (AvgIpc) is 2.45. The van der Waals surface area contributed by atoms with Crippen LogP contribution in [0.2, 0.25) is 0 Å². The number of carbonyl (C=O) groups is 1. The number of benzene rings is 1. The maximum Gasteiger partial charge on any atom is 0.335 e. The number of rotatable bonds is 4. The summed E-state index contributed by atoms with van der Waals surface area (Å²) in [6.45, 7) is 0. The van der Waals surface area contributed by atoms with Crippen LogP contribution in [-0.2, 0) is 5.75 Å². The summed E-state index contributed by atoms with van der Waals surface area (Å²) < 4.78 is 0. The Kier molecular flexibility index (Phi) is 4.16. The number of hydrogen-bond donors (Lipinski definition) is 1. The number of aromatic carboxylic acids is 1. The summed E-state index contributed by atoms with van der Waals surface area (Å²) in [7, 11) is 0. The Morgan fingerprint density at radius 2 is 2.16 bits per heavy atom. The van der Waals surface area contributed by atoms with Crippen molar-refractivity contribution in [3.63, 3.8) is 0 Å². The average molecular weight is 270 g/mol. The van der Waals surface area contributed by atoms with E-state index >= 15 is 0 Å². The third kappa shape index (κ3) is 3.33. The Hall–Kier alpha value is -2.32. The first-order valence-corrected chi connectivity index (χ1v) is 6.49. The van der Waals surface area contributed by atoms with Crippen LogP contribution in [0.15, 0.2) is 47.6 Å². The fraction of sp³-hybridized carbons (Fsp3) is 0.0714. The molecule has 0 unspecified atom stereocenters. The summed E-state index contributed by atoms with van der Waals surface area (Å²) in [5.74, 6) is -0.431. The summed E-state index contributed by atoms with van der Waals surface area (Å²) in [5, 5.41) is 18.6. The van der Waals surface area contributed by atoms with E-state index in [2.05, 4.69) is 4.98 Å². The highest BCUT2D eigenvalue weighted by Crippen LogP contribution is 2.23. The molecule has 1 aromatic carbocycles. The van der Waals surface area contributed by atoms with Gasteiger partial charge in [0.25, 0.3) is 0 Å². The zero-order valence-electron chi connectivity index (χ0n) is 9.91. The first-order chi connectivity index (χ1) is 9.20. The predicted molar refractivity (Wildman–Crippen MR) is 71.9 cm³/mol. The second-order valence-electron chi connectivity index (χ2n) is 3.75. The van der Waals surface area contributed by atoms with Crippen molar-refractivity contribution in [2.45, 2.75) is 10.8 Å². The van der Waals surface area contributed by atoms with Crippen molar-refractivity contribution in [1.82, 2.24) is 4.98 Å². The van der Waals surface area contributed by atoms with E-state index in [0.717, 1.165) is 5.56 Å². The van der Waals surface area contributed by atoms with E-state index in [1.807, 2.05) is 12.1 Å². The van der Waals surface area contributed by atoms with Crippen LogP contribution in [-0.4, -0.2) is 16.1 Å². The third-order valence-corrected chi connectivity index (χ3v) is 3.46. The fourth-order valence-corrected chi connectivity index (χ4v) is 2.47. The van der Waals surface area contributed by atoms with Crippen LogP contribution in [0.1, 0.15) is 21.5 Å². The molecule has 19 heavy (non-hydrogen) atoms. The quantitative estimate of drug-likeness (QED) is 0.864. The monoisotopic (exact) mass is 270 g/mol. The van der Waals surface area contributed by atoms with E-state index in [4.69, 9.17) is 10.4 Å². The first-order valence-electron chi connectivity index (χ1n) is 5.51. The summed E-state index contributed by atoms with van der Waals surface area (Å²) >= 11 is 1.41. The largest absolute Gasteiger partial charge is 0.478 e. The van der Waals surface area contributed by atoms with Crippen LogP contribution in [0.5, 0.6) is 0 Å². The summed E-state index contributed by atoms with van der Waals surface area (Å²) in [6, 6.07) is 12.2. The van der Waals surface area contributed by atoms with Crippen LogP contribution in [0.25, 0.3) is 0 Å². The number of carboxylic acid groups (broad SMARTS) is 1. The van der Waals surface area contributed by atoms with Gasteiger partial charge in [-0.1, -0.05) is 18.2 Å².